The van der Waals surface area contributed by atoms with E-state index >= 15 is 0 Å². The van der Waals surface area contributed by atoms with Crippen LogP contribution in [-0.4, -0.2) is 5.78 Å². The fraction of sp³-hybridized carbons (Fsp3) is 0.188. The summed E-state index contributed by atoms with van der Waals surface area (Å²) in [6.07, 6.45) is 0. The third-order valence-corrected chi connectivity index (χ3v) is 4.16. The molecule has 0 aliphatic heterocycles. The van der Waals surface area contributed by atoms with Crippen LogP contribution in [0.3, 0.4) is 0 Å². The second-order valence-electron chi connectivity index (χ2n) is 4.73. The maximum Gasteiger partial charge on any atom is 0.194 e. The number of ketones is 1. The monoisotopic (exact) mass is 380 g/mol. The Morgan fingerprint density at radius 2 is 1.63 bits per heavy atom. The maximum atomic E-state index is 12.4. The fourth-order valence-corrected chi connectivity index (χ4v) is 3.08. The molecule has 0 aliphatic rings. The number of carbonyl (C=O) groups excluding carboxylic acids is 1. The quantitative estimate of drug-likeness (QED) is 0.635. The zero-order chi connectivity index (χ0) is 14.0. The molecule has 0 N–H and O–H groups in total. The third-order valence-electron chi connectivity index (χ3n) is 3.02. The van der Waals surface area contributed by atoms with Gasteiger partial charge >= 0.3 is 0 Å². The minimum absolute atomic E-state index is 0.0367. The van der Waals surface area contributed by atoms with Crippen molar-refractivity contribution >= 4 is 37.6 Å². The van der Waals surface area contributed by atoms with Gasteiger partial charge in [0.1, 0.15) is 0 Å². The van der Waals surface area contributed by atoms with Crippen molar-refractivity contribution in [2.24, 2.45) is 0 Å². The van der Waals surface area contributed by atoms with Gasteiger partial charge in [0.15, 0.2) is 5.78 Å². The van der Waals surface area contributed by atoms with E-state index < -0.39 is 0 Å². The highest BCUT2D eigenvalue weighted by atomic mass is 79.9. The van der Waals surface area contributed by atoms with Crippen LogP contribution < -0.4 is 0 Å². The maximum absolute atomic E-state index is 12.4. The van der Waals surface area contributed by atoms with E-state index in [0.717, 1.165) is 8.95 Å². The largest absolute Gasteiger partial charge is 0.289 e. The first-order valence-corrected chi connectivity index (χ1v) is 7.67. The summed E-state index contributed by atoms with van der Waals surface area (Å²) in [5, 5.41) is 0. The molecule has 0 saturated heterocycles. The molecule has 0 unspecified atom stereocenters. The molecule has 0 aliphatic carbocycles. The van der Waals surface area contributed by atoms with Crippen LogP contribution in [0.5, 0.6) is 0 Å². The number of halogens is 2. The summed E-state index contributed by atoms with van der Waals surface area (Å²) in [7, 11) is 0. The lowest BCUT2D eigenvalue weighted by Gasteiger charge is -2.07. The third kappa shape index (κ3) is 3.34. The van der Waals surface area contributed by atoms with Gasteiger partial charge in [-0.15, -0.1) is 0 Å². The van der Waals surface area contributed by atoms with Crippen LogP contribution in [0.25, 0.3) is 0 Å². The van der Waals surface area contributed by atoms with Crippen molar-refractivity contribution in [1.29, 1.82) is 0 Å². The van der Waals surface area contributed by atoms with Crippen molar-refractivity contribution in [3.8, 4) is 0 Å². The van der Waals surface area contributed by atoms with Crippen LogP contribution in [0.2, 0.25) is 0 Å². The number of hydrogen-bond donors (Lipinski definition) is 0. The van der Waals surface area contributed by atoms with Gasteiger partial charge in [-0.2, -0.15) is 0 Å². The SMILES string of the molecule is CC(C)c1ccc(C(=O)c2ccc(Br)cc2Br)cc1. The predicted octanol–water partition coefficient (Wildman–Crippen LogP) is 5.57. The molecule has 1 nitrogen and oxygen atoms in total. The van der Waals surface area contributed by atoms with Gasteiger partial charge in [-0.3, -0.25) is 4.79 Å². The van der Waals surface area contributed by atoms with E-state index in [4.69, 9.17) is 0 Å². The van der Waals surface area contributed by atoms with Crippen molar-refractivity contribution in [3.05, 3.63) is 68.1 Å². The summed E-state index contributed by atoms with van der Waals surface area (Å²) in [5.74, 6) is 0.512. The van der Waals surface area contributed by atoms with Gasteiger partial charge in [0.05, 0.1) is 0 Å². The topological polar surface area (TPSA) is 17.1 Å². The summed E-state index contributed by atoms with van der Waals surface area (Å²) >= 11 is 6.82. The molecular formula is C16H14Br2O. The van der Waals surface area contributed by atoms with Gasteiger partial charge in [0.25, 0.3) is 0 Å². The van der Waals surface area contributed by atoms with Crippen LogP contribution in [0, 0.1) is 0 Å². The standard InChI is InChI=1S/C16H14Br2O/c1-10(2)11-3-5-12(6-4-11)16(19)14-8-7-13(17)9-15(14)18/h3-10H,1-2H3. The Labute approximate surface area is 130 Å². The molecule has 98 valence electrons. The average molecular weight is 382 g/mol. The van der Waals surface area contributed by atoms with Crippen LogP contribution in [0.4, 0.5) is 0 Å². The molecule has 0 fully saturated rings. The van der Waals surface area contributed by atoms with E-state index in [1.54, 1.807) is 0 Å². The number of benzene rings is 2. The van der Waals surface area contributed by atoms with Crippen molar-refractivity contribution in [2.75, 3.05) is 0 Å². The first-order valence-electron chi connectivity index (χ1n) is 6.08. The normalized spacial score (nSPS) is 10.8. The average Bonchev–Trinajstić information content (AvgIpc) is 2.38. The Morgan fingerprint density at radius 3 is 2.16 bits per heavy atom. The molecule has 0 radical (unpaired) electrons. The number of carbonyl (C=O) groups is 1. The number of rotatable bonds is 3. The molecule has 0 aromatic heterocycles. The summed E-state index contributed by atoms with van der Waals surface area (Å²) < 4.78 is 1.76. The smallest absolute Gasteiger partial charge is 0.194 e. The van der Waals surface area contributed by atoms with E-state index in [-0.39, 0.29) is 5.78 Å². The molecule has 19 heavy (non-hydrogen) atoms. The molecule has 0 bridgehead atoms. The summed E-state index contributed by atoms with van der Waals surface area (Å²) in [5.41, 5.74) is 2.64. The highest BCUT2D eigenvalue weighted by Crippen LogP contribution is 2.25. The van der Waals surface area contributed by atoms with Crippen molar-refractivity contribution in [2.45, 2.75) is 19.8 Å². The molecule has 0 atom stereocenters. The van der Waals surface area contributed by atoms with Gasteiger partial charge < -0.3 is 0 Å². The molecule has 0 heterocycles. The molecular weight excluding hydrogens is 368 g/mol. The van der Waals surface area contributed by atoms with Crippen LogP contribution in [0.15, 0.2) is 51.4 Å². The zero-order valence-electron chi connectivity index (χ0n) is 10.8. The summed E-state index contributed by atoms with van der Waals surface area (Å²) in [6, 6.07) is 13.4. The highest BCUT2D eigenvalue weighted by molar-refractivity contribution is 9.11. The minimum atomic E-state index is 0.0367. The lowest BCUT2D eigenvalue weighted by Crippen LogP contribution is -2.02. The molecule has 0 saturated carbocycles. The second-order valence-corrected chi connectivity index (χ2v) is 6.50. The van der Waals surface area contributed by atoms with Gasteiger partial charge in [-0.05, 0) is 45.6 Å². The highest BCUT2D eigenvalue weighted by Gasteiger charge is 2.13. The van der Waals surface area contributed by atoms with Crippen molar-refractivity contribution < 1.29 is 4.79 Å². The molecule has 0 amide bonds. The van der Waals surface area contributed by atoms with E-state index in [9.17, 15) is 4.79 Å². The van der Waals surface area contributed by atoms with Gasteiger partial charge in [-0.1, -0.05) is 54.0 Å². The van der Waals surface area contributed by atoms with Crippen molar-refractivity contribution in [3.63, 3.8) is 0 Å². The lowest BCUT2D eigenvalue weighted by molar-refractivity contribution is 0.103. The van der Waals surface area contributed by atoms with E-state index in [2.05, 4.69) is 45.7 Å². The Morgan fingerprint density at radius 1 is 1.00 bits per heavy atom. The van der Waals surface area contributed by atoms with Crippen LogP contribution >= 0.6 is 31.9 Å². The molecule has 3 heteroatoms. The van der Waals surface area contributed by atoms with Gasteiger partial charge in [-0.25, -0.2) is 0 Å². The van der Waals surface area contributed by atoms with Crippen molar-refractivity contribution in [1.82, 2.24) is 0 Å². The van der Waals surface area contributed by atoms with E-state index in [0.29, 0.717) is 17.0 Å². The molecule has 0 spiro atoms. The first kappa shape index (κ1) is 14.5. The first-order chi connectivity index (χ1) is 8.99. The predicted molar refractivity (Wildman–Crippen MR) is 85.8 cm³/mol. The molecule has 2 aromatic rings. The molecule has 2 rings (SSSR count). The Balaban J connectivity index is 2.33. The Hall–Kier alpha value is -0.930. The second kappa shape index (κ2) is 6.02. The summed E-state index contributed by atoms with van der Waals surface area (Å²) in [6.45, 7) is 4.28. The van der Waals surface area contributed by atoms with Crippen LogP contribution in [-0.2, 0) is 0 Å². The minimum Gasteiger partial charge on any atom is -0.289 e. The number of hydrogen-bond acceptors (Lipinski definition) is 1. The lowest BCUT2D eigenvalue weighted by atomic mass is 9.98. The Kier molecular flexibility index (Phi) is 4.58. The Bertz CT molecular complexity index is 601. The zero-order valence-corrected chi connectivity index (χ0v) is 14.0. The molecule has 2 aromatic carbocycles. The van der Waals surface area contributed by atoms with E-state index in [1.165, 1.54) is 5.56 Å². The summed E-state index contributed by atoms with van der Waals surface area (Å²) in [4.78, 5) is 12.4. The van der Waals surface area contributed by atoms with E-state index in [1.807, 2.05) is 42.5 Å². The fourth-order valence-electron chi connectivity index (χ4n) is 1.85. The van der Waals surface area contributed by atoms with Gasteiger partial charge in [0.2, 0.25) is 0 Å². The van der Waals surface area contributed by atoms with Gasteiger partial charge in [0, 0.05) is 20.1 Å². The van der Waals surface area contributed by atoms with Crippen LogP contribution in [0.1, 0.15) is 41.3 Å².